The van der Waals surface area contributed by atoms with Crippen LogP contribution in [0.1, 0.15) is 0 Å². The minimum atomic E-state index is -1.06. The standard InChI is InChI=1S/C9H14N2O4S2/c1-2-3-15-9(14)7(11)5-17-16-4-6(10)8(12)13/h1,6-7H,3-5,10-11H2,(H,12,13)/t6-,7+/m0/s1. The molecule has 96 valence electrons. The van der Waals surface area contributed by atoms with Crippen LogP contribution in [-0.4, -0.2) is 47.2 Å². The number of terminal acetylenes is 1. The Labute approximate surface area is 107 Å². The summed E-state index contributed by atoms with van der Waals surface area (Å²) in [5.41, 5.74) is 10.8. The molecule has 0 aromatic carbocycles. The van der Waals surface area contributed by atoms with Crippen LogP contribution >= 0.6 is 21.6 Å². The number of hydrogen-bond acceptors (Lipinski definition) is 7. The number of carboxylic acid groups (broad SMARTS) is 1. The van der Waals surface area contributed by atoms with E-state index in [1.165, 1.54) is 21.6 Å². The Bertz CT molecular complexity index is 306. The second kappa shape index (κ2) is 9.18. The highest BCUT2D eigenvalue weighted by Crippen LogP contribution is 2.22. The molecule has 0 rings (SSSR count). The van der Waals surface area contributed by atoms with Gasteiger partial charge >= 0.3 is 11.9 Å². The number of aliphatic carboxylic acids is 1. The molecule has 0 aliphatic carbocycles. The minimum Gasteiger partial charge on any atom is -0.480 e. The highest BCUT2D eigenvalue weighted by Gasteiger charge is 2.16. The molecule has 0 heterocycles. The van der Waals surface area contributed by atoms with Crippen molar-refractivity contribution in [2.24, 2.45) is 11.5 Å². The SMILES string of the molecule is C#CCOC(=O)[C@H](N)CSSC[C@H](N)C(=O)O. The van der Waals surface area contributed by atoms with Gasteiger partial charge in [-0.2, -0.15) is 0 Å². The maximum Gasteiger partial charge on any atom is 0.324 e. The van der Waals surface area contributed by atoms with E-state index in [1.807, 2.05) is 0 Å². The van der Waals surface area contributed by atoms with E-state index in [4.69, 9.17) is 23.0 Å². The fraction of sp³-hybridized carbons (Fsp3) is 0.556. The third-order valence-electron chi connectivity index (χ3n) is 1.50. The van der Waals surface area contributed by atoms with Crippen LogP contribution in [0.2, 0.25) is 0 Å². The first kappa shape index (κ1) is 16.1. The fourth-order valence-electron chi connectivity index (χ4n) is 0.602. The number of esters is 1. The Morgan fingerprint density at radius 1 is 1.29 bits per heavy atom. The summed E-state index contributed by atoms with van der Waals surface area (Å²) in [5.74, 6) is 1.07. The zero-order chi connectivity index (χ0) is 13.3. The lowest BCUT2D eigenvalue weighted by Crippen LogP contribution is -2.35. The van der Waals surface area contributed by atoms with E-state index in [0.29, 0.717) is 5.75 Å². The van der Waals surface area contributed by atoms with Gasteiger partial charge in [-0.25, -0.2) is 0 Å². The van der Waals surface area contributed by atoms with Gasteiger partial charge in [0.05, 0.1) is 0 Å². The highest BCUT2D eigenvalue weighted by molar-refractivity contribution is 8.76. The summed E-state index contributed by atoms with van der Waals surface area (Å²) in [4.78, 5) is 21.5. The van der Waals surface area contributed by atoms with Gasteiger partial charge in [0.2, 0.25) is 0 Å². The fourth-order valence-corrected chi connectivity index (χ4v) is 2.82. The number of ether oxygens (including phenoxy) is 1. The summed E-state index contributed by atoms with van der Waals surface area (Å²) in [5, 5.41) is 8.51. The van der Waals surface area contributed by atoms with Gasteiger partial charge in [0.1, 0.15) is 12.1 Å². The van der Waals surface area contributed by atoms with Crippen LogP contribution in [0, 0.1) is 12.3 Å². The summed E-state index contributed by atoms with van der Waals surface area (Å²) >= 11 is 0. The number of carbonyl (C=O) groups is 2. The first-order chi connectivity index (χ1) is 7.99. The first-order valence-electron chi connectivity index (χ1n) is 4.57. The summed E-state index contributed by atoms with van der Waals surface area (Å²) in [6.45, 7) is -0.103. The van der Waals surface area contributed by atoms with Gasteiger partial charge in [0, 0.05) is 11.5 Å². The lowest BCUT2D eigenvalue weighted by molar-refractivity contribution is -0.143. The van der Waals surface area contributed by atoms with Crippen LogP contribution in [0.4, 0.5) is 0 Å². The number of nitrogens with two attached hydrogens (primary N) is 2. The number of hydrogen-bond donors (Lipinski definition) is 3. The molecular formula is C9H14N2O4S2. The largest absolute Gasteiger partial charge is 0.480 e. The molecule has 0 saturated carbocycles. The van der Waals surface area contributed by atoms with Gasteiger partial charge in [0.15, 0.2) is 6.61 Å². The molecule has 0 saturated heterocycles. The molecule has 0 bridgehead atoms. The van der Waals surface area contributed by atoms with Crippen molar-refractivity contribution in [3.05, 3.63) is 0 Å². The minimum absolute atomic E-state index is 0.103. The summed E-state index contributed by atoms with van der Waals surface area (Å²) in [7, 11) is 2.51. The third-order valence-corrected chi connectivity index (χ3v) is 3.97. The topological polar surface area (TPSA) is 116 Å². The average Bonchev–Trinajstić information content (AvgIpc) is 2.30. The predicted octanol–water partition coefficient (Wildman–Crippen LogP) is -0.717. The Morgan fingerprint density at radius 3 is 2.29 bits per heavy atom. The van der Waals surface area contributed by atoms with E-state index in [0.717, 1.165) is 0 Å². The molecule has 0 aliphatic heterocycles. The number of carbonyl (C=O) groups excluding carboxylic acids is 1. The van der Waals surface area contributed by atoms with Gasteiger partial charge in [-0.3, -0.25) is 9.59 Å². The molecule has 6 nitrogen and oxygen atoms in total. The van der Waals surface area contributed by atoms with Gasteiger partial charge in [-0.05, 0) is 0 Å². The van der Waals surface area contributed by atoms with E-state index < -0.39 is 24.0 Å². The Kier molecular flexibility index (Phi) is 8.71. The van der Waals surface area contributed by atoms with E-state index in [9.17, 15) is 9.59 Å². The second-order valence-electron chi connectivity index (χ2n) is 2.93. The Hall–Kier alpha value is -0.880. The average molecular weight is 278 g/mol. The summed E-state index contributed by atoms with van der Waals surface area (Å²) in [6.07, 6.45) is 4.91. The quantitative estimate of drug-likeness (QED) is 0.231. The smallest absolute Gasteiger partial charge is 0.324 e. The summed E-state index contributed by atoms with van der Waals surface area (Å²) < 4.78 is 4.63. The summed E-state index contributed by atoms with van der Waals surface area (Å²) in [6, 6.07) is -1.70. The van der Waals surface area contributed by atoms with Gasteiger partial charge in [0.25, 0.3) is 0 Å². The van der Waals surface area contributed by atoms with Gasteiger partial charge in [-0.15, -0.1) is 6.42 Å². The monoisotopic (exact) mass is 278 g/mol. The molecule has 2 atom stereocenters. The predicted molar refractivity (Wildman–Crippen MR) is 68.3 cm³/mol. The second-order valence-corrected chi connectivity index (χ2v) is 5.48. The molecule has 0 aliphatic rings. The lowest BCUT2D eigenvalue weighted by atomic mass is 10.4. The number of carboxylic acids is 1. The van der Waals surface area contributed by atoms with Crippen molar-refractivity contribution in [1.29, 1.82) is 0 Å². The van der Waals surface area contributed by atoms with Crippen LogP contribution in [-0.2, 0) is 14.3 Å². The zero-order valence-corrected chi connectivity index (χ0v) is 10.6. The van der Waals surface area contributed by atoms with Crippen LogP contribution in [0.15, 0.2) is 0 Å². The molecule has 0 spiro atoms. The van der Waals surface area contributed by atoms with Gasteiger partial charge in [-0.1, -0.05) is 27.5 Å². The van der Waals surface area contributed by atoms with E-state index in [-0.39, 0.29) is 12.4 Å². The molecule has 17 heavy (non-hydrogen) atoms. The van der Waals surface area contributed by atoms with Crippen molar-refractivity contribution in [2.45, 2.75) is 12.1 Å². The molecule has 5 N–H and O–H groups in total. The molecule has 0 radical (unpaired) electrons. The van der Waals surface area contributed by atoms with Crippen LogP contribution < -0.4 is 11.5 Å². The van der Waals surface area contributed by atoms with Crippen molar-refractivity contribution in [3.8, 4) is 12.3 Å². The maximum atomic E-state index is 11.2. The lowest BCUT2D eigenvalue weighted by Gasteiger charge is -2.10. The molecule has 0 aromatic rings. The van der Waals surface area contributed by atoms with Crippen LogP contribution in [0.3, 0.4) is 0 Å². The molecule has 0 unspecified atom stereocenters. The van der Waals surface area contributed by atoms with Gasteiger partial charge < -0.3 is 21.3 Å². The van der Waals surface area contributed by atoms with Crippen molar-refractivity contribution >= 4 is 33.5 Å². The van der Waals surface area contributed by atoms with E-state index in [1.54, 1.807) is 0 Å². The van der Waals surface area contributed by atoms with E-state index in [2.05, 4.69) is 10.7 Å². The van der Waals surface area contributed by atoms with Crippen molar-refractivity contribution in [2.75, 3.05) is 18.1 Å². The van der Waals surface area contributed by atoms with Crippen molar-refractivity contribution < 1.29 is 19.4 Å². The first-order valence-corrected chi connectivity index (χ1v) is 7.06. The molecule has 0 aromatic heterocycles. The Morgan fingerprint density at radius 2 is 1.82 bits per heavy atom. The molecule has 8 heteroatoms. The number of rotatable bonds is 8. The molecule has 0 amide bonds. The van der Waals surface area contributed by atoms with Crippen molar-refractivity contribution in [1.82, 2.24) is 0 Å². The van der Waals surface area contributed by atoms with Crippen molar-refractivity contribution in [3.63, 3.8) is 0 Å². The normalized spacial score (nSPS) is 13.5. The zero-order valence-electron chi connectivity index (χ0n) is 9.00. The highest BCUT2D eigenvalue weighted by atomic mass is 33.1. The Balaban J connectivity index is 3.64. The third kappa shape index (κ3) is 7.93. The molecule has 0 fully saturated rings. The van der Waals surface area contributed by atoms with Crippen LogP contribution in [0.25, 0.3) is 0 Å². The van der Waals surface area contributed by atoms with E-state index >= 15 is 0 Å². The maximum absolute atomic E-state index is 11.2. The molecular weight excluding hydrogens is 264 g/mol. The van der Waals surface area contributed by atoms with Crippen LogP contribution in [0.5, 0.6) is 0 Å².